The first kappa shape index (κ1) is 17.2. The van der Waals surface area contributed by atoms with E-state index in [1.165, 1.54) is 0 Å². The van der Waals surface area contributed by atoms with Crippen molar-refractivity contribution < 1.29 is 22.0 Å². The lowest BCUT2D eigenvalue weighted by molar-refractivity contribution is -0.137. The molecule has 0 spiro atoms. The van der Waals surface area contributed by atoms with E-state index in [9.17, 15) is 31.5 Å². The van der Waals surface area contributed by atoms with Crippen LogP contribution in [-0.4, -0.2) is 8.96 Å². The number of hydrogen-bond donors (Lipinski definition) is 2. The number of nitrogens with one attached hydrogen (secondary N) is 1. The van der Waals surface area contributed by atoms with Crippen molar-refractivity contribution in [2.75, 3.05) is 0 Å². The van der Waals surface area contributed by atoms with Crippen LogP contribution in [0.1, 0.15) is 5.56 Å². The third-order valence-corrected chi connectivity index (χ3v) is 3.95. The van der Waals surface area contributed by atoms with Crippen LogP contribution in [0.15, 0.2) is 39.9 Å². The molecule has 0 saturated heterocycles. The number of fused-ring (bicyclic) bond motifs is 1. The molecule has 0 aliphatic rings. The van der Waals surface area contributed by atoms with E-state index in [1.807, 2.05) is 4.98 Å². The standard InChI is InChI=1S/C15H7F5N2O2S/c16-6-1-2-7(11(17)3-6)8-5-12-9(4-10(8)15(18,19)20)13(23)21-14(24)22(12)25/h1-5,25H,(H,21,23,24). The van der Waals surface area contributed by atoms with Gasteiger partial charge in [0.05, 0.1) is 16.5 Å². The first-order chi connectivity index (χ1) is 11.6. The smallest absolute Gasteiger partial charge is 0.273 e. The highest BCUT2D eigenvalue weighted by molar-refractivity contribution is 7.78. The molecule has 0 saturated carbocycles. The highest BCUT2D eigenvalue weighted by atomic mass is 32.1. The predicted octanol–water partition coefficient (Wildman–Crippen LogP) is 3.35. The maximum absolute atomic E-state index is 14.0. The third-order valence-electron chi connectivity index (χ3n) is 3.55. The van der Waals surface area contributed by atoms with Crippen LogP contribution in [0.2, 0.25) is 0 Å². The summed E-state index contributed by atoms with van der Waals surface area (Å²) in [5.74, 6) is -2.18. The highest BCUT2D eigenvalue weighted by Gasteiger charge is 2.35. The van der Waals surface area contributed by atoms with Crippen LogP contribution in [0, 0.1) is 11.6 Å². The SMILES string of the molecule is O=c1[nH]c(=O)n(S)c2cc(-c3ccc(F)cc3F)c(C(F)(F)F)cc12. The quantitative estimate of drug-likeness (QED) is 0.507. The third kappa shape index (κ3) is 2.93. The van der Waals surface area contributed by atoms with Gasteiger partial charge in [-0.1, -0.05) is 12.8 Å². The minimum atomic E-state index is -4.92. The van der Waals surface area contributed by atoms with E-state index in [0.29, 0.717) is 16.1 Å². The predicted molar refractivity (Wildman–Crippen MR) is 83.6 cm³/mol. The van der Waals surface area contributed by atoms with Gasteiger partial charge in [-0.2, -0.15) is 13.2 Å². The Labute approximate surface area is 141 Å². The van der Waals surface area contributed by atoms with Gasteiger partial charge in [0, 0.05) is 11.6 Å². The molecule has 0 unspecified atom stereocenters. The molecular formula is C15H7F5N2O2S. The van der Waals surface area contributed by atoms with E-state index in [-0.39, 0.29) is 5.52 Å². The van der Waals surface area contributed by atoms with E-state index < -0.39 is 51.1 Å². The van der Waals surface area contributed by atoms with Crippen molar-refractivity contribution in [3.8, 4) is 11.1 Å². The van der Waals surface area contributed by atoms with Crippen molar-refractivity contribution >= 4 is 23.7 Å². The van der Waals surface area contributed by atoms with Crippen molar-refractivity contribution in [2.45, 2.75) is 6.18 Å². The van der Waals surface area contributed by atoms with Crippen LogP contribution in [0.25, 0.3) is 22.0 Å². The summed E-state index contributed by atoms with van der Waals surface area (Å²) in [6.07, 6.45) is -4.92. The normalized spacial score (nSPS) is 11.9. The van der Waals surface area contributed by atoms with Gasteiger partial charge in [0.15, 0.2) is 0 Å². The number of H-pyrrole nitrogens is 1. The molecule has 3 rings (SSSR count). The molecule has 0 bridgehead atoms. The molecule has 0 aliphatic heterocycles. The van der Waals surface area contributed by atoms with Crippen LogP contribution in [0.3, 0.4) is 0 Å². The number of thiol groups is 1. The minimum Gasteiger partial charge on any atom is -0.273 e. The molecule has 1 heterocycles. The molecular weight excluding hydrogens is 367 g/mol. The number of nitrogens with zero attached hydrogens (tertiary/aromatic N) is 1. The molecule has 0 atom stereocenters. The highest BCUT2D eigenvalue weighted by Crippen LogP contribution is 2.39. The monoisotopic (exact) mass is 374 g/mol. The Morgan fingerprint density at radius 1 is 1.00 bits per heavy atom. The second-order valence-corrected chi connectivity index (χ2v) is 5.51. The van der Waals surface area contributed by atoms with Gasteiger partial charge >= 0.3 is 11.9 Å². The molecule has 1 N–H and O–H groups in total. The second kappa shape index (κ2) is 5.73. The molecule has 0 amide bonds. The van der Waals surface area contributed by atoms with Gasteiger partial charge in [-0.3, -0.25) is 9.78 Å². The van der Waals surface area contributed by atoms with Crippen molar-refractivity contribution in [3.63, 3.8) is 0 Å². The average molecular weight is 374 g/mol. The Bertz CT molecular complexity index is 1120. The Balaban J connectivity index is 2.50. The van der Waals surface area contributed by atoms with Crippen molar-refractivity contribution in [2.24, 2.45) is 0 Å². The largest absolute Gasteiger partial charge is 0.417 e. The lowest BCUT2D eigenvalue weighted by Crippen LogP contribution is -2.26. The molecule has 3 aromatic rings. The van der Waals surface area contributed by atoms with E-state index in [0.717, 1.165) is 18.2 Å². The van der Waals surface area contributed by atoms with Crippen LogP contribution in [-0.2, 0) is 6.18 Å². The summed E-state index contributed by atoms with van der Waals surface area (Å²) in [6.45, 7) is 0. The zero-order valence-corrected chi connectivity index (χ0v) is 12.9. The van der Waals surface area contributed by atoms with E-state index in [1.54, 1.807) is 0 Å². The zero-order chi connectivity index (χ0) is 18.5. The fraction of sp³-hybridized carbons (Fsp3) is 0.0667. The molecule has 0 fully saturated rings. The van der Waals surface area contributed by atoms with Gasteiger partial charge < -0.3 is 0 Å². The summed E-state index contributed by atoms with van der Waals surface area (Å²) in [6, 6.07) is 3.39. The number of alkyl halides is 3. The summed E-state index contributed by atoms with van der Waals surface area (Å²) >= 11 is 3.82. The number of aromatic amines is 1. The molecule has 25 heavy (non-hydrogen) atoms. The number of hydrogen-bond acceptors (Lipinski definition) is 3. The molecule has 130 valence electrons. The number of rotatable bonds is 1. The number of benzene rings is 2. The van der Waals surface area contributed by atoms with Crippen LogP contribution >= 0.6 is 12.8 Å². The first-order valence-corrected chi connectivity index (χ1v) is 7.04. The van der Waals surface area contributed by atoms with Gasteiger partial charge in [-0.05, 0) is 29.8 Å². The Morgan fingerprint density at radius 2 is 1.68 bits per heavy atom. The zero-order valence-electron chi connectivity index (χ0n) is 12.0. The number of halogens is 5. The summed E-state index contributed by atoms with van der Waals surface area (Å²) in [7, 11) is 0. The number of aromatic nitrogens is 2. The second-order valence-electron chi connectivity index (χ2n) is 5.11. The molecule has 1 aromatic heterocycles. The maximum Gasteiger partial charge on any atom is 0.417 e. The summed E-state index contributed by atoms with van der Waals surface area (Å²) in [4.78, 5) is 25.2. The topological polar surface area (TPSA) is 54.9 Å². The lowest BCUT2D eigenvalue weighted by Gasteiger charge is -2.15. The minimum absolute atomic E-state index is 0.246. The van der Waals surface area contributed by atoms with Crippen molar-refractivity contribution in [1.82, 2.24) is 8.96 Å². The van der Waals surface area contributed by atoms with E-state index >= 15 is 0 Å². The molecule has 0 aliphatic carbocycles. The van der Waals surface area contributed by atoms with Crippen LogP contribution in [0.5, 0.6) is 0 Å². The fourth-order valence-corrected chi connectivity index (χ4v) is 2.65. The Hall–Kier alpha value is -2.62. The van der Waals surface area contributed by atoms with Crippen molar-refractivity contribution in [1.29, 1.82) is 0 Å². The van der Waals surface area contributed by atoms with Gasteiger partial charge in [-0.15, -0.1) is 0 Å². The maximum atomic E-state index is 14.0. The fourth-order valence-electron chi connectivity index (χ4n) is 2.44. The Kier molecular flexibility index (Phi) is 3.94. The van der Waals surface area contributed by atoms with Gasteiger partial charge in [0.25, 0.3) is 5.56 Å². The Morgan fingerprint density at radius 3 is 2.28 bits per heavy atom. The average Bonchev–Trinajstić information content (AvgIpc) is 2.51. The van der Waals surface area contributed by atoms with Crippen molar-refractivity contribution in [3.05, 3.63) is 68.4 Å². The molecule has 4 nitrogen and oxygen atoms in total. The molecule has 10 heteroatoms. The molecule has 2 aromatic carbocycles. The van der Waals surface area contributed by atoms with Gasteiger partial charge in [0.2, 0.25) is 0 Å². The van der Waals surface area contributed by atoms with Gasteiger partial charge in [0.1, 0.15) is 11.6 Å². The molecule has 0 radical (unpaired) electrons. The lowest BCUT2D eigenvalue weighted by atomic mass is 9.96. The van der Waals surface area contributed by atoms with Crippen LogP contribution in [0.4, 0.5) is 22.0 Å². The van der Waals surface area contributed by atoms with Crippen LogP contribution < -0.4 is 11.2 Å². The summed E-state index contributed by atoms with van der Waals surface area (Å²) in [5, 5.41) is -0.451. The van der Waals surface area contributed by atoms with Gasteiger partial charge in [-0.25, -0.2) is 17.5 Å². The first-order valence-electron chi connectivity index (χ1n) is 6.64. The summed E-state index contributed by atoms with van der Waals surface area (Å²) in [5.41, 5.74) is -4.73. The summed E-state index contributed by atoms with van der Waals surface area (Å²) < 4.78 is 67.8. The van der Waals surface area contributed by atoms with E-state index in [4.69, 9.17) is 0 Å². The van der Waals surface area contributed by atoms with E-state index in [2.05, 4.69) is 12.8 Å².